The van der Waals surface area contributed by atoms with Crippen molar-refractivity contribution in [3.05, 3.63) is 31.9 Å². The Labute approximate surface area is 182 Å². The van der Waals surface area contributed by atoms with E-state index in [4.69, 9.17) is 12.2 Å². The van der Waals surface area contributed by atoms with Crippen LogP contribution in [0.15, 0.2) is 9.70 Å². The van der Waals surface area contributed by atoms with Gasteiger partial charge in [-0.25, -0.2) is 0 Å². The Hall–Kier alpha value is -2.11. The molecule has 0 radical (unpaired) electrons. The van der Waals surface area contributed by atoms with Gasteiger partial charge in [0.1, 0.15) is 21.8 Å². The van der Waals surface area contributed by atoms with E-state index in [1.165, 1.54) is 16.3 Å². The maximum atomic E-state index is 12.9. The van der Waals surface area contributed by atoms with Crippen LogP contribution in [0.25, 0.3) is 6.08 Å². The van der Waals surface area contributed by atoms with E-state index in [2.05, 4.69) is 13.8 Å². The van der Waals surface area contributed by atoms with Crippen LogP contribution >= 0.6 is 24.0 Å². The van der Waals surface area contributed by atoms with Gasteiger partial charge < -0.3 is 4.90 Å². The Morgan fingerprint density at radius 2 is 1.90 bits per heavy atom. The van der Waals surface area contributed by atoms with Crippen molar-refractivity contribution >= 4 is 46.1 Å². The summed E-state index contributed by atoms with van der Waals surface area (Å²) in [5.41, 5.74) is 1.09. The van der Waals surface area contributed by atoms with E-state index in [0.717, 1.165) is 37.8 Å². The zero-order valence-electron chi connectivity index (χ0n) is 17.7. The highest BCUT2D eigenvalue weighted by Gasteiger charge is 2.32. The van der Waals surface area contributed by atoms with Gasteiger partial charge in [-0.2, -0.15) is 5.26 Å². The minimum atomic E-state index is -0.323. The lowest BCUT2D eigenvalue weighted by molar-refractivity contribution is -0.122. The Kier molecular flexibility index (Phi) is 8.05. The zero-order chi connectivity index (χ0) is 21.7. The van der Waals surface area contributed by atoms with Crippen molar-refractivity contribution in [2.45, 2.75) is 46.5 Å². The SMILES string of the molecule is CCCCN1C(=O)/C(=C/c2c(C)c(C#N)c(=O)n(C)c2N(C)CCCC)SC1=S. The number of thiocarbonyl (C=S) groups is 1. The fraction of sp³-hybridized carbons (Fsp3) is 0.524. The molecule has 1 aliphatic rings. The Balaban J connectivity index is 2.62. The highest BCUT2D eigenvalue weighted by molar-refractivity contribution is 8.26. The van der Waals surface area contributed by atoms with Crippen molar-refractivity contribution in [2.75, 3.05) is 25.0 Å². The molecular weight excluding hydrogens is 404 g/mol. The summed E-state index contributed by atoms with van der Waals surface area (Å²) in [5.74, 6) is 0.598. The Bertz CT molecular complexity index is 943. The summed E-state index contributed by atoms with van der Waals surface area (Å²) in [5, 5.41) is 9.51. The maximum absolute atomic E-state index is 12.9. The van der Waals surface area contributed by atoms with Gasteiger partial charge in [0.2, 0.25) is 0 Å². The first-order chi connectivity index (χ1) is 13.8. The van der Waals surface area contributed by atoms with Crippen LogP contribution in [-0.4, -0.2) is 39.8 Å². The lowest BCUT2D eigenvalue weighted by Crippen LogP contribution is -2.31. The molecule has 1 aromatic heterocycles. The fourth-order valence-electron chi connectivity index (χ4n) is 3.31. The number of aromatic nitrogens is 1. The molecule has 1 fully saturated rings. The number of amides is 1. The fourth-order valence-corrected chi connectivity index (χ4v) is 4.61. The number of thioether (sulfide) groups is 1. The predicted octanol–water partition coefficient (Wildman–Crippen LogP) is 3.80. The summed E-state index contributed by atoms with van der Waals surface area (Å²) >= 11 is 6.68. The molecule has 2 heterocycles. The number of anilines is 1. The van der Waals surface area contributed by atoms with Crippen LogP contribution in [-0.2, 0) is 11.8 Å². The minimum Gasteiger partial charge on any atom is -0.360 e. The summed E-state index contributed by atoms with van der Waals surface area (Å²) in [4.78, 5) is 29.8. The molecule has 0 saturated carbocycles. The second-order valence-electron chi connectivity index (χ2n) is 7.18. The number of nitrogens with zero attached hydrogens (tertiary/aromatic N) is 4. The van der Waals surface area contributed by atoms with E-state index in [-0.39, 0.29) is 17.0 Å². The average molecular weight is 433 g/mol. The lowest BCUT2D eigenvalue weighted by Gasteiger charge is -2.25. The second-order valence-corrected chi connectivity index (χ2v) is 8.85. The summed E-state index contributed by atoms with van der Waals surface area (Å²) in [7, 11) is 3.60. The molecule has 156 valence electrons. The molecule has 1 aromatic rings. The van der Waals surface area contributed by atoms with E-state index >= 15 is 0 Å². The van der Waals surface area contributed by atoms with Crippen LogP contribution in [0.3, 0.4) is 0 Å². The number of pyridine rings is 1. The number of hydrogen-bond donors (Lipinski definition) is 0. The minimum absolute atomic E-state index is 0.104. The molecule has 0 aliphatic carbocycles. The van der Waals surface area contributed by atoms with E-state index in [1.807, 2.05) is 18.0 Å². The van der Waals surface area contributed by atoms with Gasteiger partial charge >= 0.3 is 0 Å². The van der Waals surface area contributed by atoms with Crippen molar-refractivity contribution in [3.8, 4) is 6.07 Å². The summed E-state index contributed by atoms with van der Waals surface area (Å²) in [6.07, 6.45) is 5.66. The normalized spacial score (nSPS) is 15.3. The average Bonchev–Trinajstić information content (AvgIpc) is 2.96. The van der Waals surface area contributed by atoms with Gasteiger partial charge in [-0.1, -0.05) is 50.7 Å². The standard InChI is InChI=1S/C21H28N4O2S2/c1-6-8-10-23(4)18-15(14(3)16(13-22)19(26)24(18)5)12-17-20(27)25(11-9-7-2)21(28)29-17/h12H,6-11H2,1-5H3/b17-12-. The monoisotopic (exact) mass is 432 g/mol. The van der Waals surface area contributed by atoms with Crippen molar-refractivity contribution < 1.29 is 4.79 Å². The van der Waals surface area contributed by atoms with Crippen LogP contribution in [0.1, 0.15) is 56.2 Å². The van der Waals surface area contributed by atoms with E-state index in [9.17, 15) is 14.9 Å². The smallest absolute Gasteiger partial charge is 0.270 e. The summed E-state index contributed by atoms with van der Waals surface area (Å²) in [6.45, 7) is 7.33. The topological polar surface area (TPSA) is 69.3 Å². The molecule has 0 atom stereocenters. The molecule has 0 aromatic carbocycles. The third-order valence-corrected chi connectivity index (χ3v) is 6.44. The largest absolute Gasteiger partial charge is 0.360 e. The van der Waals surface area contributed by atoms with Gasteiger partial charge in [-0.05, 0) is 31.4 Å². The number of nitriles is 1. The maximum Gasteiger partial charge on any atom is 0.270 e. The van der Waals surface area contributed by atoms with E-state index < -0.39 is 0 Å². The summed E-state index contributed by atoms with van der Waals surface area (Å²) in [6, 6.07) is 2.03. The Morgan fingerprint density at radius 1 is 1.24 bits per heavy atom. The van der Waals surface area contributed by atoms with Crippen LogP contribution < -0.4 is 10.5 Å². The van der Waals surface area contributed by atoms with Crippen LogP contribution in [0, 0.1) is 18.3 Å². The molecule has 1 amide bonds. The second kappa shape index (κ2) is 10.1. The molecule has 0 bridgehead atoms. The van der Waals surface area contributed by atoms with E-state index in [1.54, 1.807) is 24.9 Å². The third-order valence-electron chi connectivity index (χ3n) is 5.06. The molecule has 1 aliphatic heterocycles. The number of hydrogen-bond acceptors (Lipinski definition) is 6. The number of unbranched alkanes of at least 4 members (excludes halogenated alkanes) is 2. The quantitative estimate of drug-likeness (QED) is 0.460. The molecule has 0 N–H and O–H groups in total. The molecule has 29 heavy (non-hydrogen) atoms. The van der Waals surface area contributed by atoms with Crippen LogP contribution in [0.4, 0.5) is 5.82 Å². The molecule has 8 heteroatoms. The molecular formula is C21H28N4O2S2. The molecule has 0 spiro atoms. The first kappa shape index (κ1) is 23.2. The van der Waals surface area contributed by atoms with Gasteiger partial charge in [0.05, 0.1) is 4.91 Å². The van der Waals surface area contributed by atoms with Crippen molar-refractivity contribution in [2.24, 2.45) is 7.05 Å². The van der Waals surface area contributed by atoms with E-state index in [0.29, 0.717) is 27.2 Å². The predicted molar refractivity (Wildman–Crippen MR) is 124 cm³/mol. The molecule has 1 saturated heterocycles. The van der Waals surface area contributed by atoms with Crippen LogP contribution in [0.2, 0.25) is 0 Å². The van der Waals surface area contributed by atoms with Gasteiger partial charge in [0, 0.05) is 32.7 Å². The number of carbonyl (C=O) groups is 1. The van der Waals surface area contributed by atoms with Gasteiger partial charge in [0.25, 0.3) is 11.5 Å². The van der Waals surface area contributed by atoms with Crippen LogP contribution in [0.5, 0.6) is 0 Å². The Morgan fingerprint density at radius 3 is 2.48 bits per heavy atom. The zero-order valence-corrected chi connectivity index (χ0v) is 19.4. The van der Waals surface area contributed by atoms with Gasteiger partial charge in [-0.3, -0.25) is 19.1 Å². The first-order valence-corrected chi connectivity index (χ1v) is 11.1. The first-order valence-electron chi connectivity index (χ1n) is 9.88. The van der Waals surface area contributed by atoms with Gasteiger partial charge in [-0.15, -0.1) is 0 Å². The number of carbonyl (C=O) groups excluding carboxylic acids is 1. The third kappa shape index (κ3) is 4.73. The lowest BCUT2D eigenvalue weighted by atomic mass is 10.0. The van der Waals surface area contributed by atoms with Crippen molar-refractivity contribution in [1.29, 1.82) is 5.26 Å². The van der Waals surface area contributed by atoms with Crippen molar-refractivity contribution in [1.82, 2.24) is 9.47 Å². The van der Waals surface area contributed by atoms with Gasteiger partial charge in [0.15, 0.2) is 0 Å². The van der Waals surface area contributed by atoms with Crippen molar-refractivity contribution in [3.63, 3.8) is 0 Å². The molecule has 0 unspecified atom stereocenters. The number of rotatable bonds is 8. The molecule has 2 rings (SSSR count). The molecule has 6 nitrogen and oxygen atoms in total. The highest BCUT2D eigenvalue weighted by atomic mass is 32.2. The summed E-state index contributed by atoms with van der Waals surface area (Å²) < 4.78 is 2.06. The highest BCUT2D eigenvalue weighted by Crippen LogP contribution is 2.35.